The second kappa shape index (κ2) is 14.8. The van der Waals surface area contributed by atoms with Crippen molar-refractivity contribution in [2.45, 2.75) is 26.0 Å². The highest BCUT2D eigenvalue weighted by Crippen LogP contribution is 2.38. The number of para-hydroxylation sites is 1. The van der Waals surface area contributed by atoms with E-state index in [4.69, 9.17) is 14.6 Å². The number of rotatable bonds is 11. The molecule has 0 atom stereocenters. The molecule has 0 bridgehead atoms. The van der Waals surface area contributed by atoms with Crippen molar-refractivity contribution in [2.24, 2.45) is 0 Å². The Labute approximate surface area is 300 Å². The number of carbonyl (C=O) groups is 1. The molecular formula is C41H36N8O3. The van der Waals surface area contributed by atoms with Crippen LogP contribution in [0.2, 0.25) is 0 Å². The lowest BCUT2D eigenvalue weighted by Crippen LogP contribution is -2.32. The molecule has 0 aliphatic carbocycles. The molecule has 3 aromatic heterocycles. The second-order valence-electron chi connectivity index (χ2n) is 12.7. The van der Waals surface area contributed by atoms with E-state index < -0.39 is 0 Å². The van der Waals surface area contributed by atoms with Crippen molar-refractivity contribution in [3.05, 3.63) is 150 Å². The van der Waals surface area contributed by atoms with Gasteiger partial charge in [0.2, 0.25) is 5.82 Å². The average Bonchev–Trinajstić information content (AvgIpc) is 3.70. The van der Waals surface area contributed by atoms with Gasteiger partial charge in [0, 0.05) is 49.7 Å². The van der Waals surface area contributed by atoms with Gasteiger partial charge in [-0.25, -0.2) is 0 Å². The zero-order chi connectivity index (χ0) is 35.3. The summed E-state index contributed by atoms with van der Waals surface area (Å²) in [6.45, 7) is 3.28. The number of pyridine rings is 2. The van der Waals surface area contributed by atoms with Crippen LogP contribution in [0.15, 0.2) is 122 Å². The zero-order valence-electron chi connectivity index (χ0n) is 28.6. The summed E-state index contributed by atoms with van der Waals surface area (Å²) in [6.07, 6.45) is 7.39. The van der Waals surface area contributed by atoms with Crippen LogP contribution >= 0.6 is 0 Å². The van der Waals surface area contributed by atoms with Crippen molar-refractivity contribution in [1.29, 1.82) is 0 Å². The van der Waals surface area contributed by atoms with E-state index in [-0.39, 0.29) is 5.91 Å². The lowest BCUT2D eigenvalue weighted by Gasteiger charge is -2.28. The maximum Gasteiger partial charge on any atom is 0.257 e. The van der Waals surface area contributed by atoms with Crippen molar-refractivity contribution < 1.29 is 14.3 Å². The topological polar surface area (TPSA) is 120 Å². The van der Waals surface area contributed by atoms with Crippen LogP contribution in [0.5, 0.6) is 11.5 Å². The fraction of sp³-hybridized carbons (Fsp3) is 0.171. The Hall–Kier alpha value is -6.46. The zero-order valence-corrected chi connectivity index (χ0v) is 28.6. The Bertz CT molecular complexity index is 2340. The highest BCUT2D eigenvalue weighted by atomic mass is 16.5. The van der Waals surface area contributed by atoms with Gasteiger partial charge in [-0.2, -0.15) is 0 Å². The molecule has 0 spiro atoms. The minimum atomic E-state index is -0.340. The number of hydrogen-bond donors (Lipinski definition) is 1. The molecule has 0 unspecified atom stereocenters. The highest BCUT2D eigenvalue weighted by molar-refractivity contribution is 6.07. The van der Waals surface area contributed by atoms with E-state index in [1.807, 2.05) is 85.2 Å². The van der Waals surface area contributed by atoms with Crippen LogP contribution in [0.25, 0.3) is 28.0 Å². The quantitative estimate of drug-likeness (QED) is 0.158. The highest BCUT2D eigenvalue weighted by Gasteiger charge is 2.21. The van der Waals surface area contributed by atoms with E-state index in [1.54, 1.807) is 25.4 Å². The predicted molar refractivity (Wildman–Crippen MR) is 199 cm³/mol. The maximum atomic E-state index is 13.6. The van der Waals surface area contributed by atoms with Gasteiger partial charge in [-0.15, -0.1) is 15.0 Å². The third kappa shape index (κ3) is 7.21. The Balaban J connectivity index is 1.04. The largest absolute Gasteiger partial charge is 0.493 e. The first-order chi connectivity index (χ1) is 25.6. The molecule has 0 saturated carbocycles. The predicted octanol–water partition coefficient (Wildman–Crippen LogP) is 6.71. The van der Waals surface area contributed by atoms with Crippen LogP contribution in [-0.2, 0) is 26.0 Å². The number of anilines is 1. The molecule has 8 rings (SSSR count). The van der Waals surface area contributed by atoms with Crippen LogP contribution in [0.3, 0.4) is 0 Å². The smallest absolute Gasteiger partial charge is 0.257 e. The van der Waals surface area contributed by atoms with Crippen molar-refractivity contribution in [2.75, 3.05) is 25.5 Å². The lowest BCUT2D eigenvalue weighted by molar-refractivity contribution is 0.102. The number of carbonyl (C=O) groups excluding carboxylic acids is 1. The van der Waals surface area contributed by atoms with E-state index >= 15 is 0 Å². The first-order valence-corrected chi connectivity index (χ1v) is 17.2. The molecule has 4 heterocycles. The normalized spacial score (nSPS) is 12.7. The van der Waals surface area contributed by atoms with Crippen molar-refractivity contribution in [1.82, 2.24) is 35.1 Å². The van der Waals surface area contributed by atoms with Crippen molar-refractivity contribution in [3.8, 4) is 28.6 Å². The van der Waals surface area contributed by atoms with E-state index in [2.05, 4.69) is 48.7 Å². The number of fused-ring (bicyclic) bond motifs is 2. The van der Waals surface area contributed by atoms with E-state index in [9.17, 15) is 4.79 Å². The number of nitrogens with one attached hydrogen (secondary N) is 1. The van der Waals surface area contributed by atoms with Gasteiger partial charge in [0.1, 0.15) is 6.61 Å². The number of amides is 1. The molecule has 52 heavy (non-hydrogen) atoms. The number of nitrogens with zero attached hydrogens (tertiary/aromatic N) is 7. The average molecular weight is 689 g/mol. The van der Waals surface area contributed by atoms with Gasteiger partial charge in [-0.1, -0.05) is 60.7 Å². The summed E-state index contributed by atoms with van der Waals surface area (Å²) in [5.41, 5.74) is 7.89. The Kier molecular flexibility index (Phi) is 9.31. The van der Waals surface area contributed by atoms with Gasteiger partial charge < -0.3 is 14.8 Å². The summed E-state index contributed by atoms with van der Waals surface area (Å²) in [4.78, 5) is 26.3. The summed E-state index contributed by atoms with van der Waals surface area (Å²) in [6, 6.07) is 33.1. The third-order valence-corrected chi connectivity index (χ3v) is 9.28. The van der Waals surface area contributed by atoms with Crippen LogP contribution in [0.1, 0.15) is 32.6 Å². The monoisotopic (exact) mass is 688 g/mol. The number of tetrazole rings is 1. The molecule has 11 nitrogen and oxygen atoms in total. The molecule has 258 valence electrons. The minimum Gasteiger partial charge on any atom is -0.493 e. The molecule has 1 aliphatic heterocycles. The summed E-state index contributed by atoms with van der Waals surface area (Å²) in [7, 11) is 1.56. The van der Waals surface area contributed by atoms with Crippen molar-refractivity contribution in [3.63, 3.8) is 0 Å². The van der Waals surface area contributed by atoms with Gasteiger partial charge in [-0.3, -0.25) is 19.7 Å². The lowest BCUT2D eigenvalue weighted by atomic mass is 10.0. The fourth-order valence-electron chi connectivity index (χ4n) is 6.39. The number of benzene rings is 4. The van der Waals surface area contributed by atoms with Crippen LogP contribution in [-0.4, -0.2) is 61.2 Å². The summed E-state index contributed by atoms with van der Waals surface area (Å²) < 4.78 is 11.9. The van der Waals surface area contributed by atoms with Crippen LogP contribution < -0.4 is 14.8 Å². The van der Waals surface area contributed by atoms with E-state index in [1.165, 1.54) is 21.5 Å². The van der Waals surface area contributed by atoms with E-state index in [0.29, 0.717) is 40.7 Å². The molecule has 7 aromatic rings. The van der Waals surface area contributed by atoms with Gasteiger partial charge in [0.25, 0.3) is 5.91 Å². The second-order valence-corrected chi connectivity index (χ2v) is 12.7. The summed E-state index contributed by atoms with van der Waals surface area (Å²) in [5.74, 6) is 0.888. The standard InChI is InChI=1S/C41H36N8O3/c1-51-38-23-37(44-41(50)33-21-30-9-5-6-10-36(30)43-25-33)35(22-39(38)52-27-29-7-3-2-4-8-29)40-45-47-49(46-40)34-13-11-28(12-14-34)16-19-48-20-17-31-24-42-18-15-32(31)26-48/h2-15,18,21-25H,16-17,19-20,26-27H2,1H3,(H,44,50). The first-order valence-electron chi connectivity index (χ1n) is 17.2. The molecule has 1 N–H and O–H groups in total. The molecule has 0 saturated heterocycles. The van der Waals surface area contributed by atoms with Crippen LogP contribution in [0.4, 0.5) is 5.69 Å². The molecule has 1 amide bonds. The van der Waals surface area contributed by atoms with E-state index in [0.717, 1.165) is 54.6 Å². The third-order valence-electron chi connectivity index (χ3n) is 9.28. The molecule has 11 heteroatoms. The Morgan fingerprint density at radius 1 is 0.865 bits per heavy atom. The van der Waals surface area contributed by atoms with Gasteiger partial charge >= 0.3 is 0 Å². The van der Waals surface area contributed by atoms with Gasteiger partial charge in [-0.05, 0) is 76.7 Å². The number of ether oxygens (including phenoxy) is 2. The number of methoxy groups -OCH3 is 1. The van der Waals surface area contributed by atoms with Gasteiger partial charge in [0.15, 0.2) is 11.5 Å². The summed E-state index contributed by atoms with van der Waals surface area (Å²) >= 11 is 0. The van der Waals surface area contributed by atoms with Crippen LogP contribution in [0, 0.1) is 0 Å². The minimum absolute atomic E-state index is 0.309. The summed E-state index contributed by atoms with van der Waals surface area (Å²) in [5, 5.41) is 17.4. The Morgan fingerprint density at radius 3 is 2.58 bits per heavy atom. The Morgan fingerprint density at radius 2 is 1.71 bits per heavy atom. The SMILES string of the molecule is COc1cc(NC(=O)c2cnc3ccccc3c2)c(-c2nnn(-c3ccc(CCN4CCc5cnccc5C4)cc3)n2)cc1OCc1ccccc1. The molecule has 0 fully saturated rings. The maximum absolute atomic E-state index is 13.6. The number of hydrogen-bond acceptors (Lipinski definition) is 9. The molecule has 1 aliphatic rings. The molecular weight excluding hydrogens is 653 g/mol. The first kappa shape index (κ1) is 32.7. The molecule has 0 radical (unpaired) electrons. The number of aromatic nitrogens is 6. The fourth-order valence-corrected chi connectivity index (χ4v) is 6.39. The molecule has 4 aromatic carbocycles. The van der Waals surface area contributed by atoms with Crippen molar-refractivity contribution >= 4 is 22.5 Å². The van der Waals surface area contributed by atoms with Gasteiger partial charge in [0.05, 0.1) is 35.1 Å².